The summed E-state index contributed by atoms with van der Waals surface area (Å²) in [5, 5.41) is 3.32. The minimum absolute atomic E-state index is 0.136. The van der Waals surface area contributed by atoms with Crippen molar-refractivity contribution in [2.75, 3.05) is 12.4 Å². The van der Waals surface area contributed by atoms with Gasteiger partial charge in [-0.25, -0.2) is 0 Å². The largest absolute Gasteiger partial charge is 0.488 e. The third-order valence-electron chi connectivity index (χ3n) is 4.00. The summed E-state index contributed by atoms with van der Waals surface area (Å²) in [4.78, 5) is 0. The van der Waals surface area contributed by atoms with Crippen LogP contribution in [0.3, 0.4) is 0 Å². The van der Waals surface area contributed by atoms with Crippen LogP contribution in [0, 0.1) is 5.92 Å². The molecule has 0 amide bonds. The Hall–Kier alpha value is -1.18. The topological polar surface area (TPSA) is 21.3 Å². The molecule has 1 aromatic carbocycles. The lowest BCUT2D eigenvalue weighted by atomic mass is 9.84. The van der Waals surface area contributed by atoms with Crippen LogP contribution in [0.1, 0.15) is 58.4 Å². The molecule has 1 fully saturated rings. The molecule has 2 heteroatoms. The van der Waals surface area contributed by atoms with Gasteiger partial charge in [-0.15, -0.1) is 0 Å². The fourth-order valence-electron chi connectivity index (χ4n) is 3.10. The number of anilines is 1. The molecule has 1 saturated carbocycles. The first-order chi connectivity index (χ1) is 9.48. The lowest BCUT2D eigenvalue weighted by Crippen LogP contribution is -2.23. The van der Waals surface area contributed by atoms with Crippen molar-refractivity contribution < 1.29 is 4.74 Å². The minimum atomic E-state index is -0.136. The van der Waals surface area contributed by atoms with Crippen LogP contribution in [0.25, 0.3) is 0 Å². The van der Waals surface area contributed by atoms with Gasteiger partial charge in [-0.2, -0.15) is 0 Å². The molecule has 2 nitrogen and oxygen atoms in total. The molecule has 1 aromatic rings. The number of hydrogen-bond acceptors (Lipinski definition) is 2. The summed E-state index contributed by atoms with van der Waals surface area (Å²) >= 11 is 0. The van der Waals surface area contributed by atoms with Crippen molar-refractivity contribution in [3.05, 3.63) is 23.8 Å². The van der Waals surface area contributed by atoms with Gasteiger partial charge in [0.1, 0.15) is 11.4 Å². The van der Waals surface area contributed by atoms with Gasteiger partial charge in [0, 0.05) is 12.7 Å². The van der Waals surface area contributed by atoms with E-state index in [-0.39, 0.29) is 5.60 Å². The molecule has 0 atom stereocenters. The van der Waals surface area contributed by atoms with E-state index in [1.807, 2.05) is 7.05 Å². The number of ether oxygens (including phenoxy) is 1. The highest BCUT2D eigenvalue weighted by atomic mass is 16.5. The van der Waals surface area contributed by atoms with Crippen LogP contribution in [-0.4, -0.2) is 12.6 Å². The third kappa shape index (κ3) is 4.43. The predicted octanol–water partition coefficient (Wildman–Crippen LogP) is 5.03. The summed E-state index contributed by atoms with van der Waals surface area (Å²) in [5.74, 6) is 1.84. The molecule has 0 radical (unpaired) electrons. The Balaban J connectivity index is 2.13. The lowest BCUT2D eigenvalue weighted by Gasteiger charge is -2.25. The van der Waals surface area contributed by atoms with Gasteiger partial charge in [-0.05, 0) is 56.9 Å². The monoisotopic (exact) mass is 275 g/mol. The van der Waals surface area contributed by atoms with E-state index in [2.05, 4.69) is 44.3 Å². The molecule has 1 aliphatic rings. The van der Waals surface area contributed by atoms with Crippen LogP contribution in [0.2, 0.25) is 0 Å². The summed E-state index contributed by atoms with van der Waals surface area (Å²) in [6, 6.07) is 6.45. The van der Waals surface area contributed by atoms with Crippen molar-refractivity contribution in [3.8, 4) is 5.75 Å². The number of hydrogen-bond donors (Lipinski definition) is 1. The maximum atomic E-state index is 6.00. The molecule has 1 aliphatic carbocycles. The maximum Gasteiger partial charge on any atom is 0.120 e. The fraction of sp³-hybridized carbons (Fsp3) is 0.667. The standard InChI is InChI=1S/C18H29NO/c1-18(2,3)20-16-10-11-17(19-4)15(13-16)12-14-8-6-5-7-9-14/h10-11,13-14,19H,5-9,12H2,1-4H3. The molecular formula is C18H29NO. The van der Waals surface area contributed by atoms with Crippen LogP contribution in [0.4, 0.5) is 5.69 Å². The van der Waals surface area contributed by atoms with Crippen LogP contribution in [-0.2, 0) is 6.42 Å². The van der Waals surface area contributed by atoms with Gasteiger partial charge in [0.2, 0.25) is 0 Å². The first kappa shape index (κ1) is 15.2. The van der Waals surface area contributed by atoms with E-state index >= 15 is 0 Å². The first-order valence-electron chi connectivity index (χ1n) is 7.97. The molecule has 0 heterocycles. The summed E-state index contributed by atoms with van der Waals surface area (Å²) in [5.41, 5.74) is 2.52. The quantitative estimate of drug-likeness (QED) is 0.832. The van der Waals surface area contributed by atoms with E-state index in [9.17, 15) is 0 Å². The molecule has 20 heavy (non-hydrogen) atoms. The third-order valence-corrected chi connectivity index (χ3v) is 4.00. The highest BCUT2D eigenvalue weighted by Gasteiger charge is 2.17. The molecule has 0 unspecified atom stereocenters. The summed E-state index contributed by atoms with van der Waals surface area (Å²) < 4.78 is 6.00. The molecule has 0 aliphatic heterocycles. The Labute approximate surface area is 123 Å². The van der Waals surface area contributed by atoms with Crippen molar-refractivity contribution in [2.45, 2.75) is 64.9 Å². The molecule has 0 spiro atoms. The second kappa shape index (κ2) is 6.51. The first-order valence-corrected chi connectivity index (χ1v) is 7.97. The van der Waals surface area contributed by atoms with E-state index in [1.54, 1.807) is 0 Å². The van der Waals surface area contributed by atoms with Crippen LogP contribution >= 0.6 is 0 Å². The summed E-state index contributed by atoms with van der Waals surface area (Å²) in [6.07, 6.45) is 8.16. The zero-order valence-electron chi connectivity index (χ0n) is 13.5. The smallest absolute Gasteiger partial charge is 0.120 e. The van der Waals surface area contributed by atoms with Gasteiger partial charge in [-0.1, -0.05) is 32.1 Å². The van der Waals surface area contributed by atoms with Gasteiger partial charge in [0.25, 0.3) is 0 Å². The van der Waals surface area contributed by atoms with Gasteiger partial charge in [-0.3, -0.25) is 0 Å². The second-order valence-corrected chi connectivity index (χ2v) is 6.99. The molecule has 2 rings (SSSR count). The highest BCUT2D eigenvalue weighted by Crippen LogP contribution is 2.31. The van der Waals surface area contributed by atoms with Crippen molar-refractivity contribution >= 4 is 5.69 Å². The van der Waals surface area contributed by atoms with Crippen LogP contribution in [0.15, 0.2) is 18.2 Å². The van der Waals surface area contributed by atoms with Crippen molar-refractivity contribution in [1.29, 1.82) is 0 Å². The van der Waals surface area contributed by atoms with Gasteiger partial charge in [0.15, 0.2) is 0 Å². The zero-order chi connectivity index (χ0) is 14.6. The van der Waals surface area contributed by atoms with Crippen LogP contribution < -0.4 is 10.1 Å². The average molecular weight is 275 g/mol. The molecule has 0 saturated heterocycles. The fourth-order valence-corrected chi connectivity index (χ4v) is 3.10. The number of rotatable bonds is 4. The van der Waals surface area contributed by atoms with Gasteiger partial charge >= 0.3 is 0 Å². The van der Waals surface area contributed by atoms with E-state index < -0.39 is 0 Å². The molecule has 0 bridgehead atoms. The summed E-state index contributed by atoms with van der Waals surface area (Å²) in [6.45, 7) is 6.29. The molecule has 112 valence electrons. The Kier molecular flexibility index (Phi) is 4.95. The van der Waals surface area contributed by atoms with E-state index in [4.69, 9.17) is 4.74 Å². The summed E-state index contributed by atoms with van der Waals surface area (Å²) in [7, 11) is 2.00. The van der Waals surface area contributed by atoms with Crippen molar-refractivity contribution in [1.82, 2.24) is 0 Å². The molecule has 1 N–H and O–H groups in total. The highest BCUT2D eigenvalue weighted by molar-refractivity contribution is 5.54. The zero-order valence-corrected chi connectivity index (χ0v) is 13.5. The Bertz CT molecular complexity index is 428. The number of benzene rings is 1. The Morgan fingerprint density at radius 3 is 2.45 bits per heavy atom. The van der Waals surface area contributed by atoms with Crippen LogP contribution in [0.5, 0.6) is 5.75 Å². The average Bonchev–Trinajstić information content (AvgIpc) is 2.38. The van der Waals surface area contributed by atoms with E-state index in [0.29, 0.717) is 0 Å². The SMILES string of the molecule is CNc1ccc(OC(C)(C)C)cc1CC1CCCCC1. The minimum Gasteiger partial charge on any atom is -0.488 e. The normalized spacial score (nSPS) is 17.0. The van der Waals surface area contributed by atoms with E-state index in [0.717, 1.165) is 11.7 Å². The predicted molar refractivity (Wildman–Crippen MR) is 86.6 cm³/mol. The Morgan fingerprint density at radius 1 is 1.15 bits per heavy atom. The molecular weight excluding hydrogens is 246 g/mol. The Morgan fingerprint density at radius 2 is 1.85 bits per heavy atom. The molecule has 0 aromatic heterocycles. The lowest BCUT2D eigenvalue weighted by molar-refractivity contribution is 0.131. The van der Waals surface area contributed by atoms with Gasteiger partial charge < -0.3 is 10.1 Å². The maximum absolute atomic E-state index is 6.00. The van der Waals surface area contributed by atoms with E-state index in [1.165, 1.54) is 49.8 Å². The van der Waals surface area contributed by atoms with Crippen molar-refractivity contribution in [3.63, 3.8) is 0 Å². The number of nitrogens with one attached hydrogen (secondary N) is 1. The second-order valence-electron chi connectivity index (χ2n) is 6.99. The van der Waals surface area contributed by atoms with Gasteiger partial charge in [0.05, 0.1) is 0 Å². The van der Waals surface area contributed by atoms with Crippen molar-refractivity contribution in [2.24, 2.45) is 5.92 Å².